The molecule has 0 heterocycles. The number of aliphatic carboxylic acids is 2. The predicted molar refractivity (Wildman–Crippen MR) is 44.6 cm³/mol. The first-order valence-corrected chi connectivity index (χ1v) is 4.66. The second kappa shape index (κ2) is 7.12. The minimum absolute atomic E-state index is 0. The van der Waals surface area contributed by atoms with Crippen LogP contribution in [0, 0.1) is 16.7 Å². The average molecular weight is 276 g/mol. The Balaban J connectivity index is 0. The summed E-state index contributed by atoms with van der Waals surface area (Å²) in [5.41, 5.74) is -1.89. The van der Waals surface area contributed by atoms with Crippen LogP contribution in [-0.4, -0.2) is 11.9 Å². The molecular weight excluding hydrogens is 262 g/mol. The number of carbonyl (C=O) groups excluding carboxylic acids is 2. The fourth-order valence-electron chi connectivity index (χ4n) is 2.28. The maximum absolute atomic E-state index is 11.0. The second-order valence-corrected chi connectivity index (χ2v) is 4.75. The zero-order valence-electron chi connectivity index (χ0n) is 10.6. The van der Waals surface area contributed by atoms with Gasteiger partial charge in [-0.05, 0) is 18.3 Å². The summed E-state index contributed by atoms with van der Waals surface area (Å²) in [5, 5.41) is 21.8. The van der Waals surface area contributed by atoms with Crippen LogP contribution in [0.15, 0.2) is 0 Å². The van der Waals surface area contributed by atoms with Gasteiger partial charge in [-0.1, -0.05) is 20.8 Å². The summed E-state index contributed by atoms with van der Waals surface area (Å²) in [5.74, 6) is -3.04. The Bertz CT molecular complexity index is 291. The van der Waals surface area contributed by atoms with Crippen molar-refractivity contribution in [3.63, 3.8) is 0 Å². The molecule has 0 radical (unpaired) electrons. The van der Waals surface area contributed by atoms with E-state index in [0.29, 0.717) is 12.8 Å². The molecule has 0 aromatic carbocycles. The van der Waals surface area contributed by atoms with Crippen molar-refractivity contribution in [2.75, 3.05) is 0 Å². The van der Waals surface area contributed by atoms with Gasteiger partial charge < -0.3 is 19.8 Å². The van der Waals surface area contributed by atoms with Crippen molar-refractivity contribution in [1.29, 1.82) is 0 Å². The molecule has 0 N–H and O–H groups in total. The number of carbonyl (C=O) groups is 2. The van der Waals surface area contributed by atoms with Crippen molar-refractivity contribution in [2.24, 2.45) is 16.7 Å². The summed E-state index contributed by atoms with van der Waals surface area (Å²) in [6.07, 6.45) is 0.681. The Labute approximate surface area is 181 Å². The number of rotatable bonds is 2. The molecule has 1 fully saturated rings. The first-order valence-electron chi connectivity index (χ1n) is 4.66. The van der Waals surface area contributed by atoms with Gasteiger partial charge in [0.15, 0.2) is 0 Å². The molecule has 4 nitrogen and oxygen atoms in total. The van der Waals surface area contributed by atoms with E-state index in [4.69, 9.17) is 0 Å². The summed E-state index contributed by atoms with van der Waals surface area (Å²) >= 11 is 0. The van der Waals surface area contributed by atoms with Gasteiger partial charge in [0.25, 0.3) is 0 Å². The fourth-order valence-corrected chi connectivity index (χ4v) is 2.28. The summed E-state index contributed by atoms with van der Waals surface area (Å²) in [7, 11) is 0. The van der Waals surface area contributed by atoms with Crippen molar-refractivity contribution in [3.8, 4) is 0 Å². The molecule has 0 saturated heterocycles. The topological polar surface area (TPSA) is 80.3 Å². The quantitative estimate of drug-likeness (QED) is 0.470. The minimum atomic E-state index is -1.17. The van der Waals surface area contributed by atoms with Crippen LogP contribution in [0.25, 0.3) is 0 Å². The zero-order chi connectivity index (χ0) is 11.1. The van der Waals surface area contributed by atoms with E-state index in [1.54, 1.807) is 20.8 Å². The molecule has 80 valence electrons. The number of hydrogen-bond donors (Lipinski definition) is 0. The Hall–Kier alpha value is 2.21. The third-order valence-electron chi connectivity index (χ3n) is 3.96. The molecule has 1 rings (SSSR count). The van der Waals surface area contributed by atoms with Crippen LogP contribution in [0.3, 0.4) is 0 Å². The van der Waals surface area contributed by atoms with Crippen LogP contribution in [0.4, 0.5) is 0 Å². The van der Waals surface area contributed by atoms with E-state index in [0.717, 1.165) is 0 Å². The predicted octanol–water partition coefficient (Wildman–Crippen LogP) is -7.06. The van der Waals surface area contributed by atoms with Gasteiger partial charge in [-0.15, -0.1) is 0 Å². The van der Waals surface area contributed by atoms with E-state index in [2.05, 4.69) is 0 Å². The van der Waals surface area contributed by atoms with Crippen molar-refractivity contribution < 1.29 is 123 Å². The minimum Gasteiger partial charge on any atom is -0.550 e. The fraction of sp³-hybridized carbons (Fsp3) is 0.800. The molecule has 0 aliphatic heterocycles. The first kappa shape index (κ1) is 20.5. The third kappa shape index (κ3) is 3.40. The van der Waals surface area contributed by atoms with Gasteiger partial charge in [-0.3, -0.25) is 0 Å². The number of hydrogen-bond acceptors (Lipinski definition) is 4. The third-order valence-corrected chi connectivity index (χ3v) is 3.96. The molecule has 1 aliphatic carbocycles. The van der Waals surface area contributed by atoms with Gasteiger partial charge in [-0.25, -0.2) is 0 Å². The van der Waals surface area contributed by atoms with Crippen LogP contribution in [0.1, 0.15) is 33.6 Å². The molecule has 6 heteroatoms. The summed E-state index contributed by atoms with van der Waals surface area (Å²) in [6, 6.07) is 0. The summed E-state index contributed by atoms with van der Waals surface area (Å²) in [6.45, 7) is 4.85. The molecule has 0 amide bonds. The van der Waals surface area contributed by atoms with Crippen molar-refractivity contribution in [2.45, 2.75) is 33.6 Å². The van der Waals surface area contributed by atoms with Crippen molar-refractivity contribution >= 4 is 11.9 Å². The molecule has 16 heavy (non-hydrogen) atoms. The van der Waals surface area contributed by atoms with E-state index in [1.165, 1.54) is 0 Å². The van der Waals surface area contributed by atoms with Crippen LogP contribution in [0.5, 0.6) is 0 Å². The van der Waals surface area contributed by atoms with Crippen molar-refractivity contribution in [1.82, 2.24) is 0 Å². The van der Waals surface area contributed by atoms with E-state index < -0.39 is 28.7 Å². The average Bonchev–Trinajstić information content (AvgIpc) is 2.24. The van der Waals surface area contributed by atoms with Gasteiger partial charge in [0, 0.05) is 23.3 Å². The molecule has 2 atom stereocenters. The smallest absolute Gasteiger partial charge is 0.550 e. The molecule has 0 aromatic rings. The maximum atomic E-state index is 11.0. The van der Waals surface area contributed by atoms with Crippen LogP contribution in [-0.2, 0) is 9.59 Å². The SMILES string of the molecule is CC1(C)[C@H](C(=O)[O-])CC[C@]1(C)C(=O)[O-].[K+].[K+]. The van der Waals surface area contributed by atoms with Crippen LogP contribution in [0.2, 0.25) is 0 Å². The van der Waals surface area contributed by atoms with Crippen LogP contribution < -0.4 is 113 Å². The van der Waals surface area contributed by atoms with Gasteiger partial charge in [0.2, 0.25) is 0 Å². The number of carboxylic acids is 2. The van der Waals surface area contributed by atoms with E-state index in [1.807, 2.05) is 0 Å². The Morgan fingerprint density at radius 1 is 1.12 bits per heavy atom. The largest absolute Gasteiger partial charge is 1.00 e. The van der Waals surface area contributed by atoms with E-state index >= 15 is 0 Å². The molecule has 1 aliphatic rings. The maximum Gasteiger partial charge on any atom is 1.00 e. The summed E-state index contributed by atoms with van der Waals surface area (Å²) < 4.78 is 0. The second-order valence-electron chi connectivity index (χ2n) is 4.75. The van der Waals surface area contributed by atoms with Crippen LogP contribution >= 0.6 is 0 Å². The Morgan fingerprint density at radius 3 is 1.75 bits per heavy atom. The first-order chi connectivity index (χ1) is 6.23. The molecule has 0 unspecified atom stereocenters. The standard InChI is InChI=1S/C10H16O4.2K/c1-9(2)6(7(11)12)4-5-10(9,3)8(13)14;;/h6H,4-5H2,1-3H3,(H,11,12)(H,13,14);;/q;2*+1/p-2/t6-,10+;;/m0../s1. The number of carboxylic acid groups (broad SMARTS) is 2. The molecule has 0 aromatic heterocycles. The normalized spacial score (nSPS) is 31.1. The molecule has 0 bridgehead atoms. The van der Waals surface area contributed by atoms with Gasteiger partial charge in [0.05, 0.1) is 0 Å². The monoisotopic (exact) mass is 276 g/mol. The summed E-state index contributed by atoms with van der Waals surface area (Å²) in [4.78, 5) is 21.8. The van der Waals surface area contributed by atoms with Crippen molar-refractivity contribution in [3.05, 3.63) is 0 Å². The molecule has 1 saturated carbocycles. The Kier molecular flexibility index (Phi) is 9.13. The molecular formula is C10H14K2O4. The Morgan fingerprint density at radius 2 is 1.56 bits per heavy atom. The van der Waals surface area contributed by atoms with E-state index in [-0.39, 0.29) is 103 Å². The van der Waals surface area contributed by atoms with Gasteiger partial charge >= 0.3 is 103 Å². The van der Waals surface area contributed by atoms with Gasteiger partial charge in [0.1, 0.15) is 0 Å². The van der Waals surface area contributed by atoms with E-state index in [9.17, 15) is 19.8 Å². The zero-order valence-corrected chi connectivity index (χ0v) is 16.9. The van der Waals surface area contributed by atoms with Gasteiger partial charge in [-0.2, -0.15) is 0 Å². The molecule has 0 spiro atoms.